The molecule has 49 heavy (non-hydrogen) atoms. The van der Waals surface area contributed by atoms with Crippen LogP contribution in [0.15, 0.2) is 0 Å². The smallest absolute Gasteiger partial charge is 0.342 e. The molecule has 0 aromatic carbocycles. The van der Waals surface area contributed by atoms with Crippen molar-refractivity contribution < 1.29 is 67.2 Å². The van der Waals surface area contributed by atoms with E-state index in [-0.39, 0.29) is 85.3 Å². The van der Waals surface area contributed by atoms with Crippen molar-refractivity contribution in [3.05, 3.63) is 0 Å². The highest BCUT2D eigenvalue weighted by Gasteiger charge is 2.86. The van der Waals surface area contributed by atoms with Gasteiger partial charge in [0.05, 0.1) is 13.2 Å². The summed E-state index contributed by atoms with van der Waals surface area (Å²) in [5.41, 5.74) is -2.50. The first-order chi connectivity index (χ1) is 23.5. The van der Waals surface area contributed by atoms with Gasteiger partial charge in [0.2, 0.25) is 0 Å². The van der Waals surface area contributed by atoms with Crippen LogP contribution in [-0.4, -0.2) is 112 Å². The number of carbonyl (C=O) groups is 2. The Bertz CT molecular complexity index is 804. The van der Waals surface area contributed by atoms with Crippen LogP contribution in [0, 0.1) is 5.41 Å². The molecule has 14 heteroatoms. The Morgan fingerprint density at radius 2 is 0.776 bits per heavy atom. The number of hydrogen-bond donors (Lipinski definition) is 2. The fourth-order valence-electron chi connectivity index (χ4n) is 6.26. The predicted octanol–water partition coefficient (Wildman–Crippen LogP) is 6.33. The average Bonchev–Trinajstić information content (AvgIpc) is 3.05. The normalized spacial score (nSPS) is 16.2. The topological polar surface area (TPSA) is 167 Å². The summed E-state index contributed by atoms with van der Waals surface area (Å²) in [7, 11) is 0. The van der Waals surface area contributed by atoms with Crippen LogP contribution in [0.4, 0.5) is 0 Å². The summed E-state index contributed by atoms with van der Waals surface area (Å²) in [6, 6.07) is 0. The van der Waals surface area contributed by atoms with Crippen LogP contribution in [0.25, 0.3) is 0 Å². The highest BCUT2D eigenvalue weighted by atomic mass is 16.9. The Hall–Kier alpha value is -1.46. The maximum absolute atomic E-state index is 14.8. The summed E-state index contributed by atoms with van der Waals surface area (Å²) >= 11 is 0. The second-order valence-corrected chi connectivity index (χ2v) is 11.0. The van der Waals surface area contributed by atoms with Crippen molar-refractivity contribution in [1.82, 2.24) is 0 Å². The number of unbranched alkanes of at least 4 members (excludes halogenated alkanes) is 3. The van der Waals surface area contributed by atoms with Crippen molar-refractivity contribution in [3.8, 4) is 0 Å². The number of carboxylic acids is 2. The second-order valence-electron chi connectivity index (χ2n) is 11.0. The lowest BCUT2D eigenvalue weighted by Gasteiger charge is -2.62. The SMILES string of the molecule is CCCOC(OCC)(C(OCC)(OCC)OCC)C(CCCCCCC(=O)O)(C(=O)O)C(OCC)(OCCC)C(OCC)(OCC)OCC. The Morgan fingerprint density at radius 1 is 0.449 bits per heavy atom. The van der Waals surface area contributed by atoms with E-state index in [9.17, 15) is 19.8 Å². The van der Waals surface area contributed by atoms with E-state index >= 15 is 0 Å². The van der Waals surface area contributed by atoms with Crippen LogP contribution in [0.2, 0.25) is 0 Å². The first kappa shape index (κ1) is 47.5. The van der Waals surface area contributed by atoms with E-state index in [1.807, 2.05) is 13.8 Å². The predicted molar refractivity (Wildman–Crippen MR) is 182 cm³/mol. The molecule has 0 bridgehead atoms. The summed E-state index contributed by atoms with van der Waals surface area (Å²) in [6.45, 7) is 17.4. The van der Waals surface area contributed by atoms with Gasteiger partial charge in [-0.05, 0) is 81.1 Å². The summed E-state index contributed by atoms with van der Waals surface area (Å²) < 4.78 is 65.1. The van der Waals surface area contributed by atoms with Crippen LogP contribution in [-0.2, 0) is 57.0 Å². The number of hydrogen-bond acceptors (Lipinski definition) is 12. The average molecular weight is 713 g/mol. The third-order valence-corrected chi connectivity index (χ3v) is 7.71. The number of carboxylic acid groups (broad SMARTS) is 2. The Morgan fingerprint density at radius 3 is 1.04 bits per heavy atom. The third kappa shape index (κ3) is 10.8. The zero-order valence-corrected chi connectivity index (χ0v) is 32.0. The summed E-state index contributed by atoms with van der Waals surface area (Å²) in [4.78, 5) is 26.0. The van der Waals surface area contributed by atoms with Crippen molar-refractivity contribution in [2.24, 2.45) is 5.41 Å². The highest BCUT2D eigenvalue weighted by Crippen LogP contribution is 2.61. The van der Waals surface area contributed by atoms with Crippen LogP contribution < -0.4 is 0 Å². The van der Waals surface area contributed by atoms with Gasteiger partial charge < -0.3 is 57.6 Å². The fraction of sp³-hybridized carbons (Fsp3) is 0.943. The molecule has 0 spiro atoms. The molecule has 0 saturated carbocycles. The lowest BCUT2D eigenvalue weighted by molar-refractivity contribution is -0.573. The number of aliphatic carboxylic acids is 2. The van der Waals surface area contributed by atoms with Crippen LogP contribution >= 0.6 is 0 Å². The largest absolute Gasteiger partial charge is 0.481 e. The monoisotopic (exact) mass is 712 g/mol. The lowest BCUT2D eigenvalue weighted by atomic mass is 9.65. The van der Waals surface area contributed by atoms with Crippen molar-refractivity contribution in [2.75, 3.05) is 66.1 Å². The van der Waals surface area contributed by atoms with Gasteiger partial charge in [-0.3, -0.25) is 9.59 Å². The Balaban J connectivity index is 8.93. The van der Waals surface area contributed by atoms with Crippen molar-refractivity contribution in [2.45, 2.75) is 144 Å². The minimum absolute atomic E-state index is 0.0104. The van der Waals surface area contributed by atoms with E-state index in [2.05, 4.69) is 0 Å². The van der Waals surface area contributed by atoms with Crippen LogP contribution in [0.1, 0.15) is 121 Å². The second kappa shape index (κ2) is 24.7. The maximum atomic E-state index is 14.8. The quantitative estimate of drug-likeness (QED) is 0.0561. The first-order valence-electron chi connectivity index (χ1n) is 18.3. The first-order valence-corrected chi connectivity index (χ1v) is 18.3. The molecule has 0 aliphatic heterocycles. The molecule has 0 radical (unpaired) electrons. The lowest BCUT2D eigenvalue weighted by Crippen LogP contribution is -2.83. The molecule has 0 rings (SSSR count). The molecule has 0 fully saturated rings. The summed E-state index contributed by atoms with van der Waals surface area (Å²) in [5.74, 6) is -11.9. The summed E-state index contributed by atoms with van der Waals surface area (Å²) in [6.07, 6.45) is 2.23. The Labute approximate surface area is 294 Å². The van der Waals surface area contributed by atoms with E-state index < -0.39 is 40.9 Å². The molecule has 0 saturated heterocycles. The van der Waals surface area contributed by atoms with Gasteiger partial charge in [0, 0.05) is 59.3 Å². The number of ether oxygens (including phenoxy) is 10. The molecule has 2 atom stereocenters. The minimum atomic E-state index is -2.50. The van der Waals surface area contributed by atoms with Crippen LogP contribution in [0.5, 0.6) is 0 Å². The summed E-state index contributed by atoms with van der Waals surface area (Å²) in [5, 5.41) is 21.3. The maximum Gasteiger partial charge on any atom is 0.342 e. The van der Waals surface area contributed by atoms with Gasteiger partial charge in [-0.25, -0.2) is 0 Å². The minimum Gasteiger partial charge on any atom is -0.481 e. The fourth-order valence-corrected chi connectivity index (χ4v) is 6.26. The molecule has 0 aromatic heterocycles. The van der Waals surface area contributed by atoms with Crippen molar-refractivity contribution in [3.63, 3.8) is 0 Å². The molecule has 14 nitrogen and oxygen atoms in total. The number of rotatable bonds is 34. The molecule has 0 aromatic rings. The van der Waals surface area contributed by atoms with Gasteiger partial charge in [-0.1, -0.05) is 33.1 Å². The molecular formula is C35H68O14. The zero-order valence-electron chi connectivity index (χ0n) is 32.0. The molecule has 2 unspecified atom stereocenters. The van der Waals surface area contributed by atoms with Gasteiger partial charge in [0.15, 0.2) is 5.41 Å². The Kier molecular flexibility index (Phi) is 23.9. The van der Waals surface area contributed by atoms with Gasteiger partial charge in [-0.2, -0.15) is 0 Å². The molecular weight excluding hydrogens is 644 g/mol. The van der Waals surface area contributed by atoms with Gasteiger partial charge in [0.25, 0.3) is 11.6 Å². The molecule has 292 valence electrons. The molecule has 0 aliphatic rings. The van der Waals surface area contributed by atoms with Gasteiger partial charge in [-0.15, -0.1) is 0 Å². The molecule has 2 N–H and O–H groups in total. The molecule has 0 amide bonds. The highest BCUT2D eigenvalue weighted by molar-refractivity contribution is 5.78. The van der Waals surface area contributed by atoms with Crippen molar-refractivity contribution in [1.29, 1.82) is 0 Å². The van der Waals surface area contributed by atoms with E-state index in [0.29, 0.717) is 32.1 Å². The van der Waals surface area contributed by atoms with Gasteiger partial charge >= 0.3 is 23.9 Å². The van der Waals surface area contributed by atoms with Gasteiger partial charge in [0.1, 0.15) is 0 Å². The van der Waals surface area contributed by atoms with Crippen LogP contribution in [0.3, 0.4) is 0 Å². The van der Waals surface area contributed by atoms with Crippen molar-refractivity contribution >= 4 is 11.9 Å². The van der Waals surface area contributed by atoms with E-state index in [0.717, 1.165) is 0 Å². The molecule has 0 aliphatic carbocycles. The standard InChI is InChI=1S/C35H68O14/c1-11-27-48-32(40-13-3,34(42-15-5,43-16-6)44-17-7)31(30(38)39,26-24-22-21-23-25-29(36)37)33(41-14-4,49-28-12-2)35(45-18-8,46-19-9)47-20-10/h11-28H2,1-10H3,(H,36,37)(H,38,39). The molecule has 0 heterocycles. The zero-order chi connectivity index (χ0) is 37.5. The van der Waals surface area contributed by atoms with E-state index in [4.69, 9.17) is 47.4 Å². The van der Waals surface area contributed by atoms with E-state index in [1.54, 1.807) is 55.4 Å². The van der Waals surface area contributed by atoms with E-state index in [1.165, 1.54) is 0 Å². The third-order valence-electron chi connectivity index (χ3n) is 7.71.